The van der Waals surface area contributed by atoms with Crippen LogP contribution in [0.4, 0.5) is 0 Å². The molecule has 4 rings (SSSR count). The molecular formula is C23H24N6S. The van der Waals surface area contributed by atoms with Gasteiger partial charge in [0.25, 0.3) is 0 Å². The number of thiophene rings is 1. The van der Waals surface area contributed by atoms with Gasteiger partial charge in [0.2, 0.25) is 0 Å². The van der Waals surface area contributed by atoms with Crippen LogP contribution in [-0.4, -0.2) is 27.3 Å². The van der Waals surface area contributed by atoms with E-state index in [0.29, 0.717) is 19.0 Å². The van der Waals surface area contributed by atoms with E-state index in [2.05, 4.69) is 80.4 Å². The van der Waals surface area contributed by atoms with E-state index in [4.69, 9.17) is 5.73 Å². The molecule has 0 radical (unpaired) electrons. The maximum atomic E-state index is 6.06. The van der Waals surface area contributed by atoms with Crippen LogP contribution in [-0.2, 0) is 19.5 Å². The Bertz CT molecular complexity index is 1070. The van der Waals surface area contributed by atoms with Gasteiger partial charge in [-0.2, -0.15) is 5.10 Å². The second-order valence-electron chi connectivity index (χ2n) is 6.90. The van der Waals surface area contributed by atoms with Gasteiger partial charge in [0, 0.05) is 11.4 Å². The molecule has 30 heavy (non-hydrogen) atoms. The summed E-state index contributed by atoms with van der Waals surface area (Å²) in [6.07, 6.45) is 4.22. The molecule has 0 aliphatic rings. The Balaban J connectivity index is 1.39. The third kappa shape index (κ3) is 5.33. The van der Waals surface area contributed by atoms with Crippen LogP contribution < -0.4 is 11.1 Å². The second-order valence-corrected chi connectivity index (χ2v) is 7.94. The highest BCUT2D eigenvalue weighted by molar-refractivity contribution is 7.09. The van der Waals surface area contributed by atoms with Crippen LogP contribution in [0.2, 0.25) is 0 Å². The molecule has 0 saturated heterocycles. The summed E-state index contributed by atoms with van der Waals surface area (Å²) >= 11 is 1.76. The van der Waals surface area contributed by atoms with Gasteiger partial charge < -0.3 is 11.1 Å². The van der Waals surface area contributed by atoms with Crippen molar-refractivity contribution >= 4 is 17.3 Å². The highest BCUT2D eigenvalue weighted by Gasteiger charge is 2.05. The number of nitrogens with one attached hydrogen (secondary N) is 1. The maximum absolute atomic E-state index is 6.06. The van der Waals surface area contributed by atoms with Gasteiger partial charge in [-0.25, -0.2) is 14.7 Å². The van der Waals surface area contributed by atoms with Gasteiger partial charge in [-0.15, -0.1) is 11.3 Å². The molecule has 0 spiro atoms. The van der Waals surface area contributed by atoms with Crippen molar-refractivity contribution in [2.75, 3.05) is 6.54 Å². The molecule has 0 unspecified atom stereocenters. The maximum Gasteiger partial charge on any atom is 0.188 e. The normalized spacial score (nSPS) is 11.5. The Morgan fingerprint density at radius 3 is 2.70 bits per heavy atom. The summed E-state index contributed by atoms with van der Waals surface area (Å²) in [5.74, 6) is 0.476. The Labute approximate surface area is 180 Å². The van der Waals surface area contributed by atoms with Crippen LogP contribution in [0.1, 0.15) is 16.0 Å². The average molecular weight is 417 g/mol. The number of nitrogens with two attached hydrogens (primary N) is 1. The van der Waals surface area contributed by atoms with Crippen molar-refractivity contribution in [2.24, 2.45) is 10.7 Å². The number of hydrogen-bond donors (Lipinski definition) is 2. The number of hydrogen-bond acceptors (Lipinski definition) is 4. The molecule has 0 aliphatic heterocycles. The minimum atomic E-state index is 0.476. The summed E-state index contributed by atoms with van der Waals surface area (Å²) in [6.45, 7) is 2.03. The number of guanidine groups is 1. The molecule has 6 nitrogen and oxygen atoms in total. The zero-order valence-corrected chi connectivity index (χ0v) is 17.4. The first-order valence-electron chi connectivity index (χ1n) is 9.84. The van der Waals surface area contributed by atoms with Crippen LogP contribution in [0, 0.1) is 0 Å². The summed E-state index contributed by atoms with van der Waals surface area (Å²) in [5, 5.41) is 9.44. The van der Waals surface area contributed by atoms with Gasteiger partial charge in [0.15, 0.2) is 5.96 Å². The van der Waals surface area contributed by atoms with Crippen molar-refractivity contribution in [2.45, 2.75) is 19.5 Å². The first-order valence-corrected chi connectivity index (χ1v) is 10.7. The van der Waals surface area contributed by atoms with E-state index in [-0.39, 0.29) is 0 Å². The number of benzene rings is 2. The van der Waals surface area contributed by atoms with Gasteiger partial charge in [0.05, 0.1) is 13.1 Å². The van der Waals surface area contributed by atoms with E-state index >= 15 is 0 Å². The zero-order valence-electron chi connectivity index (χ0n) is 16.6. The SMILES string of the molecule is NC(=NCc1ccccc1-c1ccc(Cn2cncn2)cc1)NCCc1cccs1. The van der Waals surface area contributed by atoms with Gasteiger partial charge in [-0.05, 0) is 40.1 Å². The molecule has 7 heteroatoms. The predicted octanol–water partition coefficient (Wildman–Crippen LogP) is 3.70. The fourth-order valence-corrected chi connectivity index (χ4v) is 3.93. The molecule has 2 aromatic heterocycles. The van der Waals surface area contributed by atoms with Crippen molar-refractivity contribution in [3.8, 4) is 11.1 Å². The average Bonchev–Trinajstić information content (AvgIpc) is 3.48. The first-order chi connectivity index (χ1) is 14.8. The van der Waals surface area contributed by atoms with Gasteiger partial charge in [0.1, 0.15) is 12.7 Å². The predicted molar refractivity (Wildman–Crippen MR) is 122 cm³/mol. The molecule has 3 N–H and O–H groups in total. The van der Waals surface area contributed by atoms with Crippen molar-refractivity contribution in [3.05, 3.63) is 94.7 Å². The first kappa shape index (κ1) is 19.8. The van der Waals surface area contributed by atoms with Crippen LogP contribution in [0.5, 0.6) is 0 Å². The van der Waals surface area contributed by atoms with E-state index in [1.807, 2.05) is 10.7 Å². The highest BCUT2D eigenvalue weighted by Crippen LogP contribution is 2.25. The smallest absolute Gasteiger partial charge is 0.188 e. The second kappa shape index (κ2) is 9.84. The molecular weight excluding hydrogens is 392 g/mol. The monoisotopic (exact) mass is 416 g/mol. The fourth-order valence-electron chi connectivity index (χ4n) is 3.23. The lowest BCUT2D eigenvalue weighted by Gasteiger charge is -2.10. The molecule has 152 valence electrons. The number of nitrogens with zero attached hydrogens (tertiary/aromatic N) is 4. The molecule has 0 bridgehead atoms. The molecule has 0 amide bonds. The Kier molecular flexibility index (Phi) is 6.51. The van der Waals surface area contributed by atoms with E-state index < -0.39 is 0 Å². The fraction of sp³-hybridized carbons (Fsp3) is 0.174. The van der Waals surface area contributed by atoms with Crippen molar-refractivity contribution < 1.29 is 0 Å². The van der Waals surface area contributed by atoms with Crippen LogP contribution in [0.25, 0.3) is 11.1 Å². The van der Waals surface area contributed by atoms with E-state index in [1.54, 1.807) is 24.0 Å². The third-order valence-corrected chi connectivity index (χ3v) is 5.71. The topological polar surface area (TPSA) is 81.1 Å². The zero-order chi connectivity index (χ0) is 20.6. The largest absolute Gasteiger partial charge is 0.370 e. The number of rotatable bonds is 8. The van der Waals surface area contributed by atoms with Crippen LogP contribution >= 0.6 is 11.3 Å². The molecule has 2 aromatic carbocycles. The minimum absolute atomic E-state index is 0.476. The standard InChI is InChI=1S/C23H24N6S/c24-23(26-12-11-21-5-3-13-30-21)27-14-20-4-1-2-6-22(20)19-9-7-18(8-10-19)15-29-17-25-16-28-29/h1-10,13,16-17H,11-12,14-15H2,(H3,24,26,27). The molecule has 2 heterocycles. The Morgan fingerprint density at radius 1 is 1.07 bits per heavy atom. The van der Waals surface area contributed by atoms with Gasteiger partial charge in [-0.1, -0.05) is 54.6 Å². The lowest BCUT2D eigenvalue weighted by Crippen LogP contribution is -2.33. The summed E-state index contributed by atoms with van der Waals surface area (Å²) in [6, 6.07) is 21.0. The van der Waals surface area contributed by atoms with E-state index in [1.165, 1.54) is 16.0 Å². The molecule has 0 saturated carbocycles. The number of aromatic nitrogens is 3. The summed E-state index contributed by atoms with van der Waals surface area (Å²) in [7, 11) is 0. The lowest BCUT2D eigenvalue weighted by atomic mass is 9.98. The summed E-state index contributed by atoms with van der Waals surface area (Å²) in [5.41, 5.74) is 10.7. The summed E-state index contributed by atoms with van der Waals surface area (Å²) < 4.78 is 1.81. The molecule has 0 aliphatic carbocycles. The molecule has 4 aromatic rings. The van der Waals surface area contributed by atoms with E-state index in [9.17, 15) is 0 Å². The van der Waals surface area contributed by atoms with E-state index in [0.717, 1.165) is 24.1 Å². The highest BCUT2D eigenvalue weighted by atomic mass is 32.1. The molecule has 0 fully saturated rings. The van der Waals surface area contributed by atoms with Gasteiger partial charge in [-0.3, -0.25) is 0 Å². The Hall–Kier alpha value is -3.45. The van der Waals surface area contributed by atoms with Crippen molar-refractivity contribution in [1.29, 1.82) is 0 Å². The third-order valence-electron chi connectivity index (χ3n) is 4.77. The lowest BCUT2D eigenvalue weighted by molar-refractivity contribution is 0.685. The minimum Gasteiger partial charge on any atom is -0.370 e. The van der Waals surface area contributed by atoms with Crippen LogP contribution in [0.3, 0.4) is 0 Å². The van der Waals surface area contributed by atoms with Gasteiger partial charge >= 0.3 is 0 Å². The Morgan fingerprint density at radius 2 is 1.93 bits per heavy atom. The van der Waals surface area contributed by atoms with Crippen molar-refractivity contribution in [1.82, 2.24) is 20.1 Å². The van der Waals surface area contributed by atoms with Crippen LogP contribution in [0.15, 0.2) is 83.7 Å². The number of aliphatic imine (C=N–C) groups is 1. The van der Waals surface area contributed by atoms with Crippen molar-refractivity contribution in [3.63, 3.8) is 0 Å². The quantitative estimate of drug-likeness (QED) is 0.339. The summed E-state index contributed by atoms with van der Waals surface area (Å²) in [4.78, 5) is 9.86. The molecule has 0 atom stereocenters.